The van der Waals surface area contributed by atoms with Gasteiger partial charge in [-0.3, -0.25) is 9.59 Å². The second-order valence-corrected chi connectivity index (χ2v) is 18.9. The largest absolute Gasteiger partial charge is 0.447 e. The number of hydrogen-bond acceptors (Lipinski definition) is 6. The molecule has 2 unspecified atom stereocenters. The number of carbonyl (C=O) groups excluding carboxylic acids is 3. The highest BCUT2D eigenvalue weighted by Gasteiger charge is 2.50. The third-order valence-corrected chi connectivity index (χ3v) is 14.9. The maximum atomic E-state index is 13.7. The number of allylic oxidation sites excluding steroid dienone is 1. The standard InChI is InChI=1S/C41H53NO6Si/c1-8-18-33(25-29(2)27-48-49(41(5,6)7,35-21-14-10-15-22-35)36-23-16-11-17-24-36)38(44)30(3)37(43)31(4)39(45)42-34(28-47-40(42)46)26-32-19-12-9-13-20-32/h8-17,19-24,29-31,33-34,38,44H,1,18,25-28H2,2-7H3/t29?,30-,31+,33-,34?,38+/m0/s1. The summed E-state index contributed by atoms with van der Waals surface area (Å²) in [5.41, 5.74) is 0.965. The second-order valence-electron chi connectivity index (χ2n) is 14.6. The molecule has 1 aliphatic rings. The van der Waals surface area contributed by atoms with Crippen molar-refractivity contribution in [3.8, 4) is 0 Å². The quantitative estimate of drug-likeness (QED) is 0.104. The fraction of sp³-hybridized carbons (Fsp3) is 0.439. The molecule has 0 spiro atoms. The summed E-state index contributed by atoms with van der Waals surface area (Å²) in [7, 11) is -2.74. The fourth-order valence-corrected chi connectivity index (χ4v) is 12.0. The Kier molecular flexibility index (Phi) is 12.9. The van der Waals surface area contributed by atoms with Gasteiger partial charge in [-0.1, -0.05) is 132 Å². The first-order valence-electron chi connectivity index (χ1n) is 17.4. The number of ether oxygens (including phenoxy) is 1. The number of aliphatic hydroxyl groups is 1. The van der Waals surface area contributed by atoms with Crippen LogP contribution in [0.25, 0.3) is 0 Å². The minimum absolute atomic E-state index is 0.0562. The van der Waals surface area contributed by atoms with Crippen LogP contribution < -0.4 is 10.4 Å². The van der Waals surface area contributed by atoms with E-state index in [-0.39, 0.29) is 23.5 Å². The number of rotatable bonds is 16. The maximum absolute atomic E-state index is 13.7. The van der Waals surface area contributed by atoms with E-state index in [1.807, 2.05) is 42.5 Å². The number of nitrogens with zero attached hydrogens (tertiary/aromatic N) is 1. The van der Waals surface area contributed by atoms with Gasteiger partial charge >= 0.3 is 6.09 Å². The molecular weight excluding hydrogens is 631 g/mol. The Balaban J connectivity index is 1.47. The molecule has 3 aromatic carbocycles. The van der Waals surface area contributed by atoms with Crippen molar-refractivity contribution in [1.82, 2.24) is 4.90 Å². The van der Waals surface area contributed by atoms with Crippen LogP contribution in [-0.2, 0) is 25.2 Å². The molecule has 8 heteroatoms. The molecule has 0 saturated carbocycles. The van der Waals surface area contributed by atoms with E-state index < -0.39 is 50.1 Å². The van der Waals surface area contributed by atoms with Crippen LogP contribution in [0.15, 0.2) is 104 Å². The Bertz CT molecular complexity index is 1500. The van der Waals surface area contributed by atoms with Crippen LogP contribution in [-0.4, -0.2) is 61.5 Å². The van der Waals surface area contributed by atoms with Crippen LogP contribution in [0.2, 0.25) is 5.04 Å². The molecule has 49 heavy (non-hydrogen) atoms. The molecule has 6 atom stereocenters. The number of carbonyl (C=O) groups is 3. The summed E-state index contributed by atoms with van der Waals surface area (Å²) in [5.74, 6) is -3.17. The van der Waals surface area contributed by atoms with Gasteiger partial charge in [-0.15, -0.1) is 6.58 Å². The zero-order chi connectivity index (χ0) is 35.8. The molecule has 1 fully saturated rings. The van der Waals surface area contributed by atoms with Crippen molar-refractivity contribution in [3.63, 3.8) is 0 Å². The molecular formula is C41H53NO6Si. The topological polar surface area (TPSA) is 93.1 Å². The van der Waals surface area contributed by atoms with E-state index in [0.29, 0.717) is 25.9 Å². The number of amides is 2. The number of imide groups is 1. The summed E-state index contributed by atoms with van der Waals surface area (Å²) < 4.78 is 12.4. The number of aliphatic hydroxyl groups excluding tert-OH is 1. The van der Waals surface area contributed by atoms with Crippen molar-refractivity contribution in [2.24, 2.45) is 23.7 Å². The van der Waals surface area contributed by atoms with Crippen LogP contribution in [0.3, 0.4) is 0 Å². The van der Waals surface area contributed by atoms with Crippen molar-refractivity contribution in [2.75, 3.05) is 13.2 Å². The molecule has 1 N–H and O–H groups in total. The summed E-state index contributed by atoms with van der Waals surface area (Å²) in [6, 6.07) is 30.0. The number of cyclic esters (lactones) is 1. The lowest BCUT2D eigenvalue weighted by molar-refractivity contribution is -0.142. The molecule has 1 aliphatic heterocycles. The van der Waals surface area contributed by atoms with Gasteiger partial charge in [0.1, 0.15) is 12.4 Å². The van der Waals surface area contributed by atoms with Gasteiger partial charge in [0.05, 0.1) is 18.1 Å². The predicted molar refractivity (Wildman–Crippen MR) is 197 cm³/mol. The minimum atomic E-state index is -2.74. The van der Waals surface area contributed by atoms with Crippen LogP contribution in [0.1, 0.15) is 59.9 Å². The number of hydrogen-bond donors (Lipinski definition) is 1. The van der Waals surface area contributed by atoms with E-state index in [1.54, 1.807) is 13.0 Å². The normalized spacial score (nSPS) is 18.2. The molecule has 1 heterocycles. The first-order chi connectivity index (χ1) is 23.3. The van der Waals surface area contributed by atoms with Crippen LogP contribution in [0, 0.1) is 23.7 Å². The van der Waals surface area contributed by atoms with Crippen molar-refractivity contribution in [1.29, 1.82) is 0 Å². The summed E-state index contributed by atoms with van der Waals surface area (Å²) in [6.45, 7) is 16.5. The summed E-state index contributed by atoms with van der Waals surface area (Å²) in [5, 5.41) is 13.9. The van der Waals surface area contributed by atoms with Crippen molar-refractivity contribution in [3.05, 3.63) is 109 Å². The Morgan fingerprint density at radius 2 is 1.49 bits per heavy atom. The van der Waals surface area contributed by atoms with Crippen molar-refractivity contribution < 1.29 is 28.7 Å². The zero-order valence-corrected chi connectivity index (χ0v) is 30.9. The lowest BCUT2D eigenvalue weighted by Gasteiger charge is -2.43. The maximum Gasteiger partial charge on any atom is 0.417 e. The molecule has 0 radical (unpaired) electrons. The molecule has 3 aromatic rings. The van der Waals surface area contributed by atoms with Gasteiger partial charge in [0, 0.05) is 12.5 Å². The van der Waals surface area contributed by atoms with Gasteiger partial charge in [0.15, 0.2) is 0 Å². The van der Waals surface area contributed by atoms with E-state index in [2.05, 4.69) is 82.8 Å². The highest BCUT2D eigenvalue weighted by atomic mass is 28.4. The second kappa shape index (κ2) is 16.7. The molecule has 0 aromatic heterocycles. The van der Waals surface area contributed by atoms with Crippen molar-refractivity contribution in [2.45, 2.75) is 78.0 Å². The first kappa shape index (κ1) is 38.0. The molecule has 2 amide bonds. The lowest BCUT2D eigenvalue weighted by Crippen LogP contribution is -2.66. The van der Waals surface area contributed by atoms with Gasteiger partial charge in [0.2, 0.25) is 5.91 Å². The molecule has 7 nitrogen and oxygen atoms in total. The van der Waals surface area contributed by atoms with E-state index in [9.17, 15) is 19.5 Å². The molecule has 262 valence electrons. The average molecular weight is 684 g/mol. The smallest absolute Gasteiger partial charge is 0.417 e. The first-order valence-corrected chi connectivity index (χ1v) is 19.3. The SMILES string of the molecule is C=CC[C@@H](CC(C)CO[Si](c1ccccc1)(c1ccccc1)C(C)(C)C)[C@H](O)[C@@H](C)C(=O)[C@@H](C)C(=O)N1C(=O)OCC1Cc1ccccc1. The fourth-order valence-electron chi connectivity index (χ4n) is 7.27. The van der Waals surface area contributed by atoms with E-state index in [1.165, 1.54) is 17.3 Å². The van der Waals surface area contributed by atoms with Gasteiger partial charge in [0.25, 0.3) is 8.32 Å². The molecule has 1 saturated heterocycles. The summed E-state index contributed by atoms with van der Waals surface area (Å²) in [6.07, 6.45) is 1.56. The Morgan fingerprint density at radius 3 is 2.00 bits per heavy atom. The molecule has 0 bridgehead atoms. The van der Waals surface area contributed by atoms with E-state index in [4.69, 9.17) is 9.16 Å². The van der Waals surface area contributed by atoms with E-state index in [0.717, 1.165) is 10.5 Å². The average Bonchev–Trinajstić information content (AvgIpc) is 3.46. The van der Waals surface area contributed by atoms with E-state index >= 15 is 0 Å². The third kappa shape index (κ3) is 8.66. The van der Waals surface area contributed by atoms with Crippen LogP contribution in [0.5, 0.6) is 0 Å². The number of benzene rings is 3. The highest BCUT2D eigenvalue weighted by molar-refractivity contribution is 6.99. The van der Waals surface area contributed by atoms with Crippen molar-refractivity contribution >= 4 is 36.5 Å². The Labute approximate surface area is 293 Å². The van der Waals surface area contributed by atoms with Gasteiger partial charge in [-0.2, -0.15) is 0 Å². The van der Waals surface area contributed by atoms with Gasteiger partial charge < -0.3 is 14.3 Å². The monoisotopic (exact) mass is 683 g/mol. The summed E-state index contributed by atoms with van der Waals surface area (Å²) in [4.78, 5) is 41.0. The predicted octanol–water partition coefficient (Wildman–Crippen LogP) is 6.57. The third-order valence-electron chi connectivity index (χ3n) is 9.93. The van der Waals surface area contributed by atoms with Gasteiger partial charge in [-0.25, -0.2) is 9.69 Å². The lowest BCUT2D eigenvalue weighted by atomic mass is 9.79. The Hall–Kier alpha value is -3.85. The number of Topliss-reactive ketones (excluding diaryl/α,β-unsaturated/α-hetero) is 1. The zero-order valence-electron chi connectivity index (χ0n) is 29.9. The minimum Gasteiger partial charge on any atom is -0.447 e. The summed E-state index contributed by atoms with van der Waals surface area (Å²) >= 11 is 0. The Morgan fingerprint density at radius 1 is 0.959 bits per heavy atom. The van der Waals surface area contributed by atoms with Gasteiger partial charge in [-0.05, 0) is 59.0 Å². The van der Waals surface area contributed by atoms with Crippen LogP contribution >= 0.6 is 0 Å². The number of ketones is 1. The molecule has 4 rings (SSSR count). The highest BCUT2D eigenvalue weighted by Crippen LogP contribution is 2.37. The van der Waals surface area contributed by atoms with Crippen LogP contribution in [0.4, 0.5) is 4.79 Å². The molecule has 0 aliphatic carbocycles.